The molecule has 1 nitrogen and oxygen atoms in total. The topological polar surface area (TPSA) is 12.0 Å². The molecule has 0 radical (unpaired) electrons. The lowest BCUT2D eigenvalue weighted by atomic mass is 10.0. The van der Waals surface area contributed by atoms with Crippen LogP contribution in [0.25, 0.3) is 0 Å². The quantitative estimate of drug-likeness (QED) is 0.760. The molecule has 0 aliphatic carbocycles. The minimum Gasteiger partial charge on any atom is -0.314 e. The van der Waals surface area contributed by atoms with Gasteiger partial charge in [-0.05, 0) is 43.5 Å². The summed E-state index contributed by atoms with van der Waals surface area (Å²) in [5, 5.41) is 4.40. The van der Waals surface area contributed by atoms with Crippen molar-refractivity contribution in [2.24, 2.45) is 0 Å². The Kier molecular flexibility index (Phi) is 7.17. The molecule has 17 heavy (non-hydrogen) atoms. The number of aryl methyl sites for hydroxylation is 1. The van der Waals surface area contributed by atoms with Crippen LogP contribution in [0.4, 0.5) is 0 Å². The van der Waals surface area contributed by atoms with E-state index in [1.807, 2.05) is 6.07 Å². The van der Waals surface area contributed by atoms with Gasteiger partial charge in [-0.3, -0.25) is 0 Å². The third kappa shape index (κ3) is 5.41. The van der Waals surface area contributed by atoms with Crippen LogP contribution in [0.15, 0.2) is 22.7 Å². The molecule has 0 amide bonds. The summed E-state index contributed by atoms with van der Waals surface area (Å²) in [5.74, 6) is 0. The van der Waals surface area contributed by atoms with Crippen molar-refractivity contribution in [3.63, 3.8) is 0 Å². The standard InChI is InChI=1S/C14H21BrClN/c1-3-5-13(17-4-2)9-7-11-6-8-12(15)10-14(11)16/h6,8,10,13,17H,3-5,7,9H2,1-2H3. The molecule has 1 unspecified atom stereocenters. The highest BCUT2D eigenvalue weighted by Crippen LogP contribution is 2.23. The fourth-order valence-corrected chi connectivity index (χ4v) is 2.81. The number of hydrogen-bond acceptors (Lipinski definition) is 1. The van der Waals surface area contributed by atoms with Crippen LogP contribution in [0.5, 0.6) is 0 Å². The van der Waals surface area contributed by atoms with Crippen molar-refractivity contribution >= 4 is 27.5 Å². The van der Waals surface area contributed by atoms with E-state index >= 15 is 0 Å². The summed E-state index contributed by atoms with van der Waals surface area (Å²) in [6, 6.07) is 6.76. The molecule has 0 heterocycles. The van der Waals surface area contributed by atoms with Crippen LogP contribution in [0.1, 0.15) is 38.7 Å². The lowest BCUT2D eigenvalue weighted by Crippen LogP contribution is -2.29. The maximum absolute atomic E-state index is 6.22. The first-order valence-electron chi connectivity index (χ1n) is 6.34. The average Bonchev–Trinajstić information content (AvgIpc) is 2.28. The van der Waals surface area contributed by atoms with E-state index in [1.54, 1.807) is 0 Å². The molecule has 1 N–H and O–H groups in total. The van der Waals surface area contributed by atoms with E-state index in [4.69, 9.17) is 11.6 Å². The van der Waals surface area contributed by atoms with Crippen molar-refractivity contribution in [3.8, 4) is 0 Å². The molecule has 1 aromatic rings. The first kappa shape index (κ1) is 15.0. The highest BCUT2D eigenvalue weighted by molar-refractivity contribution is 9.10. The number of nitrogens with one attached hydrogen (secondary N) is 1. The van der Waals surface area contributed by atoms with Gasteiger partial charge in [-0.15, -0.1) is 0 Å². The molecule has 0 fully saturated rings. The molecule has 0 aliphatic heterocycles. The van der Waals surface area contributed by atoms with Gasteiger partial charge in [-0.2, -0.15) is 0 Å². The lowest BCUT2D eigenvalue weighted by Gasteiger charge is -2.17. The lowest BCUT2D eigenvalue weighted by molar-refractivity contribution is 0.460. The maximum atomic E-state index is 6.22. The number of rotatable bonds is 7. The van der Waals surface area contributed by atoms with Crippen molar-refractivity contribution in [1.82, 2.24) is 5.32 Å². The SMILES string of the molecule is CCCC(CCc1ccc(Br)cc1Cl)NCC. The fraction of sp³-hybridized carbons (Fsp3) is 0.571. The van der Waals surface area contributed by atoms with Gasteiger partial charge in [0.05, 0.1) is 0 Å². The Hall–Kier alpha value is -0.0500. The van der Waals surface area contributed by atoms with Gasteiger partial charge in [0.25, 0.3) is 0 Å². The van der Waals surface area contributed by atoms with E-state index in [0.29, 0.717) is 6.04 Å². The van der Waals surface area contributed by atoms with Crippen LogP contribution in [-0.2, 0) is 6.42 Å². The summed E-state index contributed by atoms with van der Waals surface area (Å²) in [4.78, 5) is 0. The molecule has 0 spiro atoms. The first-order chi connectivity index (χ1) is 8.17. The molecule has 1 rings (SSSR count). The Morgan fingerprint density at radius 2 is 2.06 bits per heavy atom. The van der Waals surface area contributed by atoms with Gasteiger partial charge in [0.2, 0.25) is 0 Å². The van der Waals surface area contributed by atoms with Crippen molar-refractivity contribution < 1.29 is 0 Å². The van der Waals surface area contributed by atoms with Crippen molar-refractivity contribution in [1.29, 1.82) is 0 Å². The molecule has 0 aromatic heterocycles. The van der Waals surface area contributed by atoms with E-state index < -0.39 is 0 Å². The molecule has 1 aromatic carbocycles. The van der Waals surface area contributed by atoms with Crippen LogP contribution in [0.2, 0.25) is 5.02 Å². The summed E-state index contributed by atoms with van der Waals surface area (Å²) in [6.45, 7) is 5.44. The zero-order valence-corrected chi connectivity index (χ0v) is 12.9. The summed E-state index contributed by atoms with van der Waals surface area (Å²) in [6.07, 6.45) is 4.67. The Bertz CT molecular complexity index is 335. The highest BCUT2D eigenvalue weighted by atomic mass is 79.9. The normalized spacial score (nSPS) is 12.7. The molecule has 0 aliphatic rings. The predicted octanol–water partition coefficient (Wildman–Crippen LogP) is 4.81. The second-order valence-corrected chi connectivity index (χ2v) is 5.64. The molecule has 0 saturated carbocycles. The summed E-state index contributed by atoms with van der Waals surface area (Å²) in [7, 11) is 0. The van der Waals surface area contributed by atoms with Crippen LogP contribution in [-0.4, -0.2) is 12.6 Å². The van der Waals surface area contributed by atoms with Gasteiger partial charge in [-0.1, -0.05) is 53.9 Å². The smallest absolute Gasteiger partial charge is 0.0449 e. The summed E-state index contributed by atoms with van der Waals surface area (Å²) < 4.78 is 1.04. The highest BCUT2D eigenvalue weighted by Gasteiger charge is 2.08. The van der Waals surface area contributed by atoms with Gasteiger partial charge in [0, 0.05) is 15.5 Å². The Balaban J connectivity index is 2.52. The first-order valence-corrected chi connectivity index (χ1v) is 7.51. The minimum absolute atomic E-state index is 0.615. The van der Waals surface area contributed by atoms with E-state index in [1.165, 1.54) is 18.4 Å². The summed E-state index contributed by atoms with van der Waals surface area (Å²) in [5.41, 5.74) is 1.24. The molecule has 1 atom stereocenters. The Morgan fingerprint density at radius 3 is 2.65 bits per heavy atom. The average molecular weight is 319 g/mol. The molecule has 96 valence electrons. The van der Waals surface area contributed by atoms with E-state index in [2.05, 4.69) is 47.2 Å². The monoisotopic (exact) mass is 317 g/mol. The van der Waals surface area contributed by atoms with Gasteiger partial charge in [-0.25, -0.2) is 0 Å². The van der Waals surface area contributed by atoms with Gasteiger partial charge < -0.3 is 5.32 Å². The van der Waals surface area contributed by atoms with Gasteiger partial charge in [0.15, 0.2) is 0 Å². The van der Waals surface area contributed by atoms with Crippen LogP contribution in [0, 0.1) is 0 Å². The third-order valence-electron chi connectivity index (χ3n) is 2.91. The fourth-order valence-electron chi connectivity index (χ4n) is 2.04. The molecule has 0 saturated heterocycles. The van der Waals surface area contributed by atoms with E-state index in [9.17, 15) is 0 Å². The molecular weight excluding hydrogens is 298 g/mol. The van der Waals surface area contributed by atoms with Crippen LogP contribution in [0.3, 0.4) is 0 Å². The zero-order chi connectivity index (χ0) is 12.7. The zero-order valence-electron chi connectivity index (χ0n) is 10.6. The van der Waals surface area contributed by atoms with Crippen molar-refractivity contribution in [2.45, 2.75) is 45.6 Å². The number of hydrogen-bond donors (Lipinski definition) is 1. The number of benzene rings is 1. The third-order valence-corrected chi connectivity index (χ3v) is 3.75. The maximum Gasteiger partial charge on any atom is 0.0449 e. The second kappa shape index (κ2) is 8.12. The van der Waals surface area contributed by atoms with Gasteiger partial charge in [0.1, 0.15) is 0 Å². The Labute approximate surface area is 118 Å². The predicted molar refractivity (Wildman–Crippen MR) is 79.8 cm³/mol. The number of halogens is 2. The largest absolute Gasteiger partial charge is 0.314 e. The van der Waals surface area contributed by atoms with Crippen LogP contribution >= 0.6 is 27.5 Å². The second-order valence-electron chi connectivity index (χ2n) is 4.32. The van der Waals surface area contributed by atoms with E-state index in [-0.39, 0.29) is 0 Å². The van der Waals surface area contributed by atoms with Crippen LogP contribution < -0.4 is 5.32 Å². The molecule has 0 bridgehead atoms. The van der Waals surface area contributed by atoms with Crippen molar-refractivity contribution in [2.75, 3.05) is 6.54 Å². The molecule has 3 heteroatoms. The van der Waals surface area contributed by atoms with Gasteiger partial charge >= 0.3 is 0 Å². The summed E-state index contributed by atoms with van der Waals surface area (Å²) >= 11 is 9.65. The minimum atomic E-state index is 0.615. The van der Waals surface area contributed by atoms with E-state index in [0.717, 1.165) is 28.9 Å². The molecular formula is C14H21BrClN. The van der Waals surface area contributed by atoms with Crippen molar-refractivity contribution in [3.05, 3.63) is 33.3 Å². The Morgan fingerprint density at radius 1 is 1.29 bits per heavy atom.